The highest BCUT2D eigenvalue weighted by Crippen LogP contribution is 2.23. The quantitative estimate of drug-likeness (QED) is 0.483. The fraction of sp³-hybridized carbons (Fsp3) is 0.318. The summed E-state index contributed by atoms with van der Waals surface area (Å²) in [4.78, 5) is 15.0. The first-order chi connectivity index (χ1) is 13.6. The first-order valence-corrected chi connectivity index (χ1v) is 10.0. The largest absolute Gasteiger partial charge is 0.303 e. The smallest absolute Gasteiger partial charge is 0.199 e. The van der Waals surface area contributed by atoms with Gasteiger partial charge >= 0.3 is 0 Å². The van der Waals surface area contributed by atoms with Gasteiger partial charge < -0.3 is 4.57 Å². The average Bonchev–Trinajstić information content (AvgIpc) is 3.03. The van der Waals surface area contributed by atoms with Crippen molar-refractivity contribution in [3.63, 3.8) is 0 Å². The number of rotatable bonds is 5. The first-order valence-electron chi connectivity index (χ1n) is 9.64. The van der Waals surface area contributed by atoms with Gasteiger partial charge in [-0.2, -0.15) is 5.10 Å². The van der Waals surface area contributed by atoms with Gasteiger partial charge in [0.2, 0.25) is 0 Å². The summed E-state index contributed by atoms with van der Waals surface area (Å²) in [5.41, 5.74) is 1.88. The third-order valence-corrected chi connectivity index (χ3v) is 5.91. The van der Waals surface area contributed by atoms with Crippen molar-refractivity contribution in [2.24, 2.45) is 13.0 Å². The van der Waals surface area contributed by atoms with Crippen molar-refractivity contribution in [3.8, 4) is 11.4 Å². The molecule has 0 N–H and O–H groups in total. The maximum atomic E-state index is 12.7. The Labute approximate surface area is 170 Å². The Hall–Kier alpha value is -2.57. The average molecular weight is 393 g/mol. The molecule has 28 heavy (non-hydrogen) atoms. The van der Waals surface area contributed by atoms with Crippen LogP contribution in [0.25, 0.3) is 11.4 Å². The molecular weight excluding hydrogens is 368 g/mol. The van der Waals surface area contributed by atoms with Gasteiger partial charge in [0.15, 0.2) is 16.4 Å². The molecular formula is C22H24N4OS. The van der Waals surface area contributed by atoms with Crippen LogP contribution in [-0.2, 0) is 13.7 Å². The third-order valence-electron chi connectivity index (χ3n) is 5.42. The number of hydrogen-bond donors (Lipinski definition) is 0. The van der Waals surface area contributed by atoms with Crippen LogP contribution in [0.3, 0.4) is 0 Å². The Morgan fingerprint density at radius 1 is 1.04 bits per heavy atom. The minimum Gasteiger partial charge on any atom is -0.303 e. The summed E-state index contributed by atoms with van der Waals surface area (Å²) in [5.74, 6) is 1.25. The van der Waals surface area contributed by atoms with E-state index in [4.69, 9.17) is 17.3 Å². The van der Waals surface area contributed by atoms with Crippen molar-refractivity contribution >= 4 is 18.0 Å². The van der Waals surface area contributed by atoms with Gasteiger partial charge in [0, 0.05) is 37.2 Å². The number of likely N-dealkylation sites (tertiary alicyclic amines) is 1. The number of carbonyl (C=O) groups excluding carboxylic acids is 1. The van der Waals surface area contributed by atoms with Crippen LogP contribution < -0.4 is 0 Å². The molecule has 0 spiro atoms. The lowest BCUT2D eigenvalue weighted by Crippen LogP contribution is -2.37. The second-order valence-corrected chi connectivity index (χ2v) is 7.66. The molecule has 144 valence electrons. The first kappa shape index (κ1) is 18.8. The number of nitrogens with zero attached hydrogens (tertiary/aromatic N) is 4. The molecule has 0 bridgehead atoms. The van der Waals surface area contributed by atoms with Crippen LogP contribution in [0.1, 0.15) is 23.2 Å². The van der Waals surface area contributed by atoms with Crippen LogP contribution in [0.2, 0.25) is 0 Å². The normalized spacial score (nSPS) is 15.6. The van der Waals surface area contributed by atoms with E-state index in [0.29, 0.717) is 11.4 Å². The minimum absolute atomic E-state index is 0.107. The summed E-state index contributed by atoms with van der Waals surface area (Å²) < 4.78 is 4.55. The second kappa shape index (κ2) is 8.20. The maximum absolute atomic E-state index is 12.7. The fourth-order valence-electron chi connectivity index (χ4n) is 3.78. The summed E-state index contributed by atoms with van der Waals surface area (Å²) >= 11 is 5.59. The lowest BCUT2D eigenvalue weighted by atomic mass is 9.89. The Kier molecular flexibility index (Phi) is 5.50. The van der Waals surface area contributed by atoms with Gasteiger partial charge in [0.05, 0.1) is 6.67 Å². The third kappa shape index (κ3) is 3.84. The van der Waals surface area contributed by atoms with Gasteiger partial charge in [-0.3, -0.25) is 9.69 Å². The van der Waals surface area contributed by atoms with E-state index in [-0.39, 0.29) is 11.7 Å². The van der Waals surface area contributed by atoms with E-state index in [2.05, 4.69) is 4.90 Å². The molecule has 0 amide bonds. The predicted molar refractivity (Wildman–Crippen MR) is 113 cm³/mol. The summed E-state index contributed by atoms with van der Waals surface area (Å²) in [6.45, 7) is 2.41. The molecule has 0 atom stereocenters. The fourth-order valence-corrected chi connectivity index (χ4v) is 3.97. The van der Waals surface area contributed by atoms with Crippen molar-refractivity contribution < 1.29 is 4.79 Å². The van der Waals surface area contributed by atoms with Crippen LogP contribution in [0, 0.1) is 10.7 Å². The maximum Gasteiger partial charge on any atom is 0.199 e. The minimum atomic E-state index is 0.107. The molecule has 0 aliphatic carbocycles. The summed E-state index contributed by atoms with van der Waals surface area (Å²) in [6, 6.07) is 19.7. The van der Waals surface area contributed by atoms with Crippen molar-refractivity contribution in [2.75, 3.05) is 13.1 Å². The van der Waals surface area contributed by atoms with Gasteiger partial charge in [-0.05, 0) is 25.1 Å². The van der Waals surface area contributed by atoms with Gasteiger partial charge in [0.1, 0.15) is 0 Å². The van der Waals surface area contributed by atoms with E-state index < -0.39 is 0 Å². The Bertz CT molecular complexity index is 1000. The summed E-state index contributed by atoms with van der Waals surface area (Å²) in [5, 5.41) is 4.74. The van der Waals surface area contributed by atoms with E-state index in [0.717, 1.165) is 42.9 Å². The van der Waals surface area contributed by atoms with E-state index in [9.17, 15) is 4.79 Å². The van der Waals surface area contributed by atoms with Crippen LogP contribution in [0.15, 0.2) is 60.7 Å². The van der Waals surface area contributed by atoms with Crippen LogP contribution in [0.5, 0.6) is 0 Å². The number of Topliss-reactive ketones (excluding diaryl/α,β-unsaturated/α-hetero) is 1. The molecule has 2 aromatic carbocycles. The van der Waals surface area contributed by atoms with Gasteiger partial charge in [0.25, 0.3) is 0 Å². The number of aromatic nitrogens is 3. The zero-order chi connectivity index (χ0) is 19.5. The Morgan fingerprint density at radius 2 is 1.64 bits per heavy atom. The standard InChI is InChI=1S/C22H24N4OS/c1-24-21(19-10-6-3-7-11-19)23-26(22(24)28)16-25-14-12-18(13-15-25)20(27)17-8-4-2-5-9-17/h2-11,18H,12-16H2,1H3. The van der Waals surface area contributed by atoms with Crippen LogP contribution >= 0.6 is 12.2 Å². The molecule has 1 aromatic heterocycles. The second-order valence-electron chi connectivity index (χ2n) is 7.29. The molecule has 5 nitrogen and oxygen atoms in total. The van der Waals surface area contributed by atoms with E-state index in [1.54, 1.807) is 0 Å². The van der Waals surface area contributed by atoms with Crippen molar-refractivity contribution in [3.05, 3.63) is 71.0 Å². The van der Waals surface area contributed by atoms with Crippen molar-refractivity contribution in [1.82, 2.24) is 19.2 Å². The molecule has 1 aliphatic heterocycles. The monoisotopic (exact) mass is 392 g/mol. The molecule has 0 radical (unpaired) electrons. The van der Waals surface area contributed by atoms with Gasteiger partial charge in [-0.1, -0.05) is 60.7 Å². The number of benzene rings is 2. The predicted octanol–water partition coefficient (Wildman–Crippen LogP) is 4.17. The van der Waals surface area contributed by atoms with Gasteiger partial charge in [-0.25, -0.2) is 4.68 Å². The molecule has 1 saturated heterocycles. The zero-order valence-electron chi connectivity index (χ0n) is 16.0. The molecule has 0 unspecified atom stereocenters. The zero-order valence-corrected chi connectivity index (χ0v) is 16.8. The van der Waals surface area contributed by atoms with E-state index in [1.165, 1.54) is 0 Å². The molecule has 1 aliphatic rings. The molecule has 2 heterocycles. The number of carbonyl (C=O) groups is 1. The molecule has 4 rings (SSSR count). The summed E-state index contributed by atoms with van der Waals surface area (Å²) in [7, 11) is 1.96. The lowest BCUT2D eigenvalue weighted by molar-refractivity contribution is 0.0803. The molecule has 6 heteroatoms. The number of ketones is 1. The van der Waals surface area contributed by atoms with Gasteiger partial charge in [-0.15, -0.1) is 0 Å². The lowest BCUT2D eigenvalue weighted by Gasteiger charge is -2.30. The number of hydrogen-bond acceptors (Lipinski definition) is 4. The van der Waals surface area contributed by atoms with E-state index >= 15 is 0 Å². The SMILES string of the molecule is Cn1c(-c2ccccc2)nn(CN2CCC(C(=O)c3ccccc3)CC2)c1=S. The highest BCUT2D eigenvalue weighted by Gasteiger charge is 2.26. The van der Waals surface area contributed by atoms with Crippen molar-refractivity contribution in [1.29, 1.82) is 0 Å². The van der Waals surface area contributed by atoms with Crippen LogP contribution in [0.4, 0.5) is 0 Å². The van der Waals surface area contributed by atoms with Crippen molar-refractivity contribution in [2.45, 2.75) is 19.5 Å². The summed E-state index contributed by atoms with van der Waals surface area (Å²) in [6.07, 6.45) is 1.75. The highest BCUT2D eigenvalue weighted by atomic mass is 32.1. The molecule has 3 aromatic rings. The topological polar surface area (TPSA) is 43.1 Å². The van der Waals surface area contributed by atoms with Crippen LogP contribution in [-0.4, -0.2) is 38.1 Å². The Balaban J connectivity index is 1.42. The van der Waals surface area contributed by atoms with E-state index in [1.807, 2.05) is 77.0 Å². The Morgan fingerprint density at radius 3 is 2.29 bits per heavy atom. The molecule has 1 fully saturated rings. The number of piperidine rings is 1. The molecule has 0 saturated carbocycles. The highest BCUT2D eigenvalue weighted by molar-refractivity contribution is 7.71.